The van der Waals surface area contributed by atoms with Gasteiger partial charge < -0.3 is 10.4 Å². The van der Waals surface area contributed by atoms with E-state index in [0.29, 0.717) is 13.1 Å². The van der Waals surface area contributed by atoms with Crippen molar-refractivity contribution in [3.8, 4) is 0 Å². The summed E-state index contributed by atoms with van der Waals surface area (Å²) in [5.74, 6) is -1.06. The van der Waals surface area contributed by atoms with Gasteiger partial charge in [0.1, 0.15) is 0 Å². The standard InChI is InChI=1S/C11H16N6O2/c1-16-6-3-9(14-16)2-4-12-5-7-17-8-10(11(18)19)13-15-17/h3,6,8,12H,2,4-5,7H2,1H3,(H,18,19). The Morgan fingerprint density at radius 2 is 2.32 bits per heavy atom. The molecule has 2 aromatic heterocycles. The van der Waals surface area contributed by atoms with Gasteiger partial charge in [-0.15, -0.1) is 5.10 Å². The second-order valence-electron chi connectivity index (χ2n) is 4.15. The van der Waals surface area contributed by atoms with Crippen molar-refractivity contribution >= 4 is 5.97 Å². The normalized spacial score (nSPS) is 10.8. The highest BCUT2D eigenvalue weighted by atomic mass is 16.4. The maximum Gasteiger partial charge on any atom is 0.358 e. The van der Waals surface area contributed by atoms with Gasteiger partial charge in [-0.2, -0.15) is 5.10 Å². The number of nitrogens with zero attached hydrogens (tertiary/aromatic N) is 5. The van der Waals surface area contributed by atoms with Gasteiger partial charge in [-0.1, -0.05) is 5.21 Å². The van der Waals surface area contributed by atoms with E-state index in [1.807, 2.05) is 19.3 Å². The Bertz CT molecular complexity index is 547. The van der Waals surface area contributed by atoms with Crippen LogP contribution in [0.3, 0.4) is 0 Å². The SMILES string of the molecule is Cn1ccc(CCNCCn2cc(C(=O)O)nn2)n1. The van der Waals surface area contributed by atoms with Crippen molar-refractivity contribution in [1.82, 2.24) is 30.1 Å². The molecule has 0 spiro atoms. The van der Waals surface area contributed by atoms with Crippen LogP contribution in [0, 0.1) is 0 Å². The molecule has 2 aromatic rings. The van der Waals surface area contributed by atoms with Gasteiger partial charge in [0, 0.05) is 32.8 Å². The Morgan fingerprint density at radius 1 is 1.47 bits per heavy atom. The van der Waals surface area contributed by atoms with Crippen molar-refractivity contribution in [2.24, 2.45) is 7.05 Å². The van der Waals surface area contributed by atoms with Gasteiger partial charge in [-0.3, -0.25) is 9.36 Å². The number of carbonyl (C=O) groups is 1. The molecule has 0 aliphatic carbocycles. The summed E-state index contributed by atoms with van der Waals surface area (Å²) in [6.45, 7) is 2.11. The Balaban J connectivity index is 1.65. The van der Waals surface area contributed by atoms with Gasteiger partial charge in [0.2, 0.25) is 0 Å². The third-order valence-electron chi connectivity index (χ3n) is 2.60. The number of aromatic carboxylic acids is 1. The first-order valence-electron chi connectivity index (χ1n) is 5.98. The van der Waals surface area contributed by atoms with Gasteiger partial charge in [0.05, 0.1) is 18.4 Å². The first-order chi connectivity index (χ1) is 9.15. The van der Waals surface area contributed by atoms with E-state index in [9.17, 15) is 4.79 Å². The molecule has 102 valence electrons. The minimum Gasteiger partial charge on any atom is -0.476 e. The lowest BCUT2D eigenvalue weighted by Crippen LogP contribution is -2.22. The highest BCUT2D eigenvalue weighted by molar-refractivity contribution is 5.84. The Morgan fingerprint density at radius 3 is 2.95 bits per heavy atom. The van der Waals surface area contributed by atoms with Crippen LogP contribution in [-0.2, 0) is 20.0 Å². The summed E-state index contributed by atoms with van der Waals surface area (Å²) in [7, 11) is 1.89. The fourth-order valence-corrected chi connectivity index (χ4v) is 1.64. The molecule has 8 heteroatoms. The molecule has 0 aromatic carbocycles. The van der Waals surface area contributed by atoms with Crippen LogP contribution in [0.15, 0.2) is 18.5 Å². The van der Waals surface area contributed by atoms with Crippen LogP contribution >= 0.6 is 0 Å². The average Bonchev–Trinajstić information content (AvgIpc) is 2.98. The summed E-state index contributed by atoms with van der Waals surface area (Å²) in [4.78, 5) is 10.6. The van der Waals surface area contributed by atoms with Gasteiger partial charge >= 0.3 is 5.97 Å². The van der Waals surface area contributed by atoms with E-state index in [1.54, 1.807) is 4.68 Å². The van der Waals surface area contributed by atoms with Crippen LogP contribution in [0.5, 0.6) is 0 Å². The van der Waals surface area contributed by atoms with Crippen molar-refractivity contribution in [3.05, 3.63) is 29.8 Å². The van der Waals surface area contributed by atoms with Crippen molar-refractivity contribution in [2.75, 3.05) is 13.1 Å². The molecule has 0 bridgehead atoms. The minimum atomic E-state index is -1.06. The molecule has 0 atom stereocenters. The van der Waals surface area contributed by atoms with Gasteiger partial charge in [-0.05, 0) is 6.07 Å². The molecule has 0 saturated carbocycles. The third-order valence-corrected chi connectivity index (χ3v) is 2.60. The largest absolute Gasteiger partial charge is 0.476 e. The molecule has 2 heterocycles. The highest BCUT2D eigenvalue weighted by Gasteiger charge is 2.07. The molecular formula is C11H16N6O2. The van der Waals surface area contributed by atoms with Crippen molar-refractivity contribution in [1.29, 1.82) is 0 Å². The van der Waals surface area contributed by atoms with Gasteiger partial charge in [0.25, 0.3) is 0 Å². The average molecular weight is 264 g/mol. The molecule has 0 unspecified atom stereocenters. The zero-order valence-electron chi connectivity index (χ0n) is 10.7. The van der Waals surface area contributed by atoms with E-state index >= 15 is 0 Å². The molecule has 0 amide bonds. The number of aryl methyl sites for hydroxylation is 1. The minimum absolute atomic E-state index is 0.0338. The lowest BCUT2D eigenvalue weighted by molar-refractivity contribution is 0.0690. The van der Waals surface area contributed by atoms with E-state index in [4.69, 9.17) is 5.11 Å². The maximum atomic E-state index is 10.6. The van der Waals surface area contributed by atoms with E-state index in [0.717, 1.165) is 18.7 Å². The number of hydrogen-bond donors (Lipinski definition) is 2. The Kier molecular flexibility index (Phi) is 4.24. The number of rotatable bonds is 7. The van der Waals surface area contributed by atoms with E-state index < -0.39 is 5.97 Å². The lowest BCUT2D eigenvalue weighted by Gasteiger charge is -2.02. The molecular weight excluding hydrogens is 248 g/mol. The maximum absolute atomic E-state index is 10.6. The number of carboxylic acid groups (broad SMARTS) is 1. The number of carboxylic acids is 1. The van der Waals surface area contributed by atoms with Crippen LogP contribution in [0.4, 0.5) is 0 Å². The van der Waals surface area contributed by atoms with Crippen LogP contribution in [0.1, 0.15) is 16.2 Å². The monoisotopic (exact) mass is 264 g/mol. The van der Waals surface area contributed by atoms with E-state index in [2.05, 4.69) is 20.7 Å². The smallest absolute Gasteiger partial charge is 0.358 e. The van der Waals surface area contributed by atoms with E-state index in [1.165, 1.54) is 10.9 Å². The Labute approximate surface area is 110 Å². The van der Waals surface area contributed by atoms with Crippen molar-refractivity contribution in [3.63, 3.8) is 0 Å². The summed E-state index contributed by atoms with van der Waals surface area (Å²) >= 11 is 0. The molecule has 0 aliphatic rings. The quantitative estimate of drug-likeness (QED) is 0.657. The van der Waals surface area contributed by atoms with Crippen LogP contribution in [0.25, 0.3) is 0 Å². The number of hydrogen-bond acceptors (Lipinski definition) is 5. The van der Waals surface area contributed by atoms with Crippen LogP contribution < -0.4 is 5.32 Å². The highest BCUT2D eigenvalue weighted by Crippen LogP contribution is 1.94. The topological polar surface area (TPSA) is 97.9 Å². The van der Waals surface area contributed by atoms with E-state index in [-0.39, 0.29) is 5.69 Å². The first-order valence-corrected chi connectivity index (χ1v) is 5.98. The molecule has 19 heavy (non-hydrogen) atoms. The second kappa shape index (κ2) is 6.10. The molecule has 0 saturated heterocycles. The molecule has 0 radical (unpaired) electrons. The molecule has 8 nitrogen and oxygen atoms in total. The first kappa shape index (κ1) is 13.2. The van der Waals surface area contributed by atoms with Crippen molar-refractivity contribution in [2.45, 2.75) is 13.0 Å². The molecule has 0 fully saturated rings. The predicted molar refractivity (Wildman–Crippen MR) is 66.8 cm³/mol. The fourth-order valence-electron chi connectivity index (χ4n) is 1.64. The van der Waals surface area contributed by atoms with Crippen LogP contribution in [-0.4, -0.2) is 48.9 Å². The van der Waals surface area contributed by atoms with Crippen molar-refractivity contribution < 1.29 is 9.90 Å². The summed E-state index contributed by atoms with van der Waals surface area (Å²) in [5.41, 5.74) is 1.01. The summed E-state index contributed by atoms with van der Waals surface area (Å²) in [5, 5.41) is 23.5. The number of nitrogens with one attached hydrogen (secondary N) is 1. The molecule has 0 aliphatic heterocycles. The summed E-state index contributed by atoms with van der Waals surface area (Å²) in [6.07, 6.45) is 4.19. The predicted octanol–water partition coefficient (Wildman–Crippen LogP) is -0.458. The Hall–Kier alpha value is -2.22. The third kappa shape index (κ3) is 3.88. The lowest BCUT2D eigenvalue weighted by atomic mass is 10.3. The zero-order valence-corrected chi connectivity index (χ0v) is 10.7. The summed E-state index contributed by atoms with van der Waals surface area (Å²) in [6, 6.07) is 1.98. The second-order valence-corrected chi connectivity index (χ2v) is 4.15. The fraction of sp³-hybridized carbons (Fsp3) is 0.455. The van der Waals surface area contributed by atoms with Crippen LogP contribution in [0.2, 0.25) is 0 Å². The summed E-state index contributed by atoms with van der Waals surface area (Å²) < 4.78 is 3.29. The molecule has 2 N–H and O–H groups in total. The van der Waals surface area contributed by atoms with Gasteiger partial charge in [-0.25, -0.2) is 4.79 Å². The number of aromatic nitrogens is 5. The molecule has 2 rings (SSSR count). The van der Waals surface area contributed by atoms with Gasteiger partial charge in [0.15, 0.2) is 5.69 Å². The zero-order chi connectivity index (χ0) is 13.7.